The number of rotatable bonds is 7. The van der Waals surface area contributed by atoms with Crippen LogP contribution < -0.4 is 15.4 Å². The molecule has 0 aliphatic heterocycles. The van der Waals surface area contributed by atoms with Crippen LogP contribution in [-0.4, -0.2) is 32.3 Å². The summed E-state index contributed by atoms with van der Waals surface area (Å²) < 4.78 is 41.5. The second-order valence-corrected chi connectivity index (χ2v) is 6.60. The fourth-order valence-electron chi connectivity index (χ4n) is 2.24. The Kier molecular flexibility index (Phi) is 9.92. The van der Waals surface area contributed by atoms with Crippen LogP contribution in [0, 0.1) is 0 Å². The third-order valence-corrected chi connectivity index (χ3v) is 4.37. The molecule has 1 heterocycles. The molecule has 1 unspecified atom stereocenters. The van der Waals surface area contributed by atoms with Gasteiger partial charge in [0.2, 0.25) is 0 Å². The highest BCUT2D eigenvalue weighted by molar-refractivity contribution is 14.0. The van der Waals surface area contributed by atoms with Gasteiger partial charge < -0.3 is 15.4 Å². The van der Waals surface area contributed by atoms with E-state index in [1.165, 1.54) is 11.6 Å². The predicted octanol–water partition coefficient (Wildman–Crippen LogP) is 4.78. The predicted molar refractivity (Wildman–Crippen MR) is 114 cm³/mol. The molecule has 9 heteroatoms. The van der Waals surface area contributed by atoms with Crippen molar-refractivity contribution in [3.05, 3.63) is 52.2 Å². The SMILES string of the molecule is CN=C(NCc1cccc(OCC(F)(F)F)c1)NCC(C)c1ccsc1.I. The average molecular weight is 513 g/mol. The lowest BCUT2D eigenvalue weighted by molar-refractivity contribution is -0.153. The molecule has 0 fully saturated rings. The Balaban J connectivity index is 0.00000364. The van der Waals surface area contributed by atoms with Gasteiger partial charge in [0.25, 0.3) is 0 Å². The summed E-state index contributed by atoms with van der Waals surface area (Å²) in [6.45, 7) is 1.98. The molecular weight excluding hydrogens is 490 g/mol. The van der Waals surface area contributed by atoms with Crippen LogP contribution in [0.25, 0.3) is 0 Å². The van der Waals surface area contributed by atoms with Crippen molar-refractivity contribution < 1.29 is 17.9 Å². The molecule has 0 bridgehead atoms. The molecule has 2 N–H and O–H groups in total. The Morgan fingerprint density at radius 2 is 2.04 bits per heavy atom. The number of thiophene rings is 1. The number of hydrogen-bond acceptors (Lipinski definition) is 3. The van der Waals surface area contributed by atoms with Crippen LogP contribution in [0.2, 0.25) is 0 Å². The number of alkyl halides is 3. The minimum Gasteiger partial charge on any atom is -0.484 e. The first-order chi connectivity index (χ1) is 12.4. The molecule has 27 heavy (non-hydrogen) atoms. The maximum Gasteiger partial charge on any atom is 0.422 e. The molecule has 1 aromatic carbocycles. The summed E-state index contributed by atoms with van der Waals surface area (Å²) in [4.78, 5) is 4.16. The topological polar surface area (TPSA) is 45.7 Å². The van der Waals surface area contributed by atoms with Crippen molar-refractivity contribution in [1.82, 2.24) is 10.6 Å². The van der Waals surface area contributed by atoms with Gasteiger partial charge in [-0.05, 0) is 46.0 Å². The van der Waals surface area contributed by atoms with Crippen LogP contribution in [0.5, 0.6) is 5.75 Å². The molecule has 2 aromatic rings. The second-order valence-electron chi connectivity index (χ2n) is 5.82. The molecular formula is C18H23F3IN3OS. The van der Waals surface area contributed by atoms with Crippen LogP contribution in [-0.2, 0) is 6.54 Å². The zero-order valence-corrected chi connectivity index (χ0v) is 18.2. The van der Waals surface area contributed by atoms with E-state index in [9.17, 15) is 13.2 Å². The van der Waals surface area contributed by atoms with E-state index < -0.39 is 12.8 Å². The van der Waals surface area contributed by atoms with Gasteiger partial charge in [-0.1, -0.05) is 19.1 Å². The van der Waals surface area contributed by atoms with E-state index in [-0.39, 0.29) is 29.7 Å². The Morgan fingerprint density at radius 3 is 2.67 bits per heavy atom. The lowest BCUT2D eigenvalue weighted by atomic mass is 10.1. The van der Waals surface area contributed by atoms with E-state index in [0.717, 1.165) is 12.1 Å². The number of guanidine groups is 1. The van der Waals surface area contributed by atoms with Crippen LogP contribution >= 0.6 is 35.3 Å². The van der Waals surface area contributed by atoms with Gasteiger partial charge in [-0.2, -0.15) is 24.5 Å². The lowest BCUT2D eigenvalue weighted by Gasteiger charge is -2.16. The van der Waals surface area contributed by atoms with Gasteiger partial charge in [-0.3, -0.25) is 4.99 Å². The quantitative estimate of drug-likeness (QED) is 0.319. The maximum atomic E-state index is 12.2. The van der Waals surface area contributed by atoms with Gasteiger partial charge in [-0.25, -0.2) is 0 Å². The van der Waals surface area contributed by atoms with E-state index in [1.54, 1.807) is 30.5 Å². The minimum absolute atomic E-state index is 0. The fraction of sp³-hybridized carbons (Fsp3) is 0.389. The van der Waals surface area contributed by atoms with E-state index in [1.807, 2.05) is 11.4 Å². The summed E-state index contributed by atoms with van der Waals surface area (Å²) in [6.07, 6.45) is -4.35. The summed E-state index contributed by atoms with van der Waals surface area (Å²) in [7, 11) is 1.67. The van der Waals surface area contributed by atoms with E-state index in [2.05, 4.69) is 34.0 Å². The van der Waals surface area contributed by atoms with Crippen LogP contribution in [0.3, 0.4) is 0 Å². The van der Waals surface area contributed by atoms with Crippen LogP contribution in [0.15, 0.2) is 46.1 Å². The number of benzene rings is 1. The van der Waals surface area contributed by atoms with E-state index in [4.69, 9.17) is 4.74 Å². The molecule has 2 rings (SSSR count). The van der Waals surface area contributed by atoms with E-state index >= 15 is 0 Å². The zero-order chi connectivity index (χ0) is 19.0. The first kappa shape index (κ1) is 23.5. The van der Waals surface area contributed by atoms with Gasteiger partial charge >= 0.3 is 6.18 Å². The van der Waals surface area contributed by atoms with Crippen molar-refractivity contribution in [1.29, 1.82) is 0 Å². The van der Waals surface area contributed by atoms with Crippen LogP contribution in [0.4, 0.5) is 13.2 Å². The van der Waals surface area contributed by atoms with Gasteiger partial charge in [-0.15, -0.1) is 24.0 Å². The summed E-state index contributed by atoms with van der Waals surface area (Å²) in [5.74, 6) is 1.17. The largest absolute Gasteiger partial charge is 0.484 e. The summed E-state index contributed by atoms with van der Waals surface area (Å²) in [5, 5.41) is 10.6. The molecule has 1 atom stereocenters. The van der Waals surface area contributed by atoms with Crippen LogP contribution in [0.1, 0.15) is 24.0 Å². The molecule has 0 saturated carbocycles. The maximum absolute atomic E-state index is 12.2. The third-order valence-electron chi connectivity index (χ3n) is 3.67. The molecule has 0 aliphatic carbocycles. The highest BCUT2D eigenvalue weighted by Crippen LogP contribution is 2.19. The molecule has 0 aliphatic rings. The molecule has 1 aromatic heterocycles. The molecule has 4 nitrogen and oxygen atoms in total. The van der Waals surface area contributed by atoms with Crippen molar-refractivity contribution in [2.45, 2.75) is 25.6 Å². The van der Waals surface area contributed by atoms with Gasteiger partial charge in [0.1, 0.15) is 5.75 Å². The van der Waals surface area contributed by atoms with Gasteiger partial charge in [0.15, 0.2) is 12.6 Å². The monoisotopic (exact) mass is 513 g/mol. The zero-order valence-electron chi connectivity index (χ0n) is 15.0. The molecule has 150 valence electrons. The van der Waals surface area contributed by atoms with Crippen molar-refractivity contribution >= 4 is 41.3 Å². The van der Waals surface area contributed by atoms with Crippen molar-refractivity contribution in [2.24, 2.45) is 4.99 Å². The first-order valence-corrected chi connectivity index (χ1v) is 9.07. The average Bonchev–Trinajstić information content (AvgIpc) is 3.14. The Labute approximate surface area is 178 Å². The number of nitrogens with zero attached hydrogens (tertiary/aromatic N) is 1. The minimum atomic E-state index is -4.35. The molecule has 0 spiro atoms. The van der Waals surface area contributed by atoms with Gasteiger partial charge in [0.05, 0.1) is 0 Å². The lowest BCUT2D eigenvalue weighted by Crippen LogP contribution is -2.38. The highest BCUT2D eigenvalue weighted by Gasteiger charge is 2.28. The third kappa shape index (κ3) is 8.83. The number of halogens is 4. The van der Waals surface area contributed by atoms with Crippen molar-refractivity contribution in [3.63, 3.8) is 0 Å². The number of ether oxygens (including phenoxy) is 1. The number of aliphatic imine (C=N–C) groups is 1. The summed E-state index contributed by atoms with van der Waals surface area (Å²) in [5.41, 5.74) is 2.07. The Bertz CT molecular complexity index is 708. The van der Waals surface area contributed by atoms with Crippen molar-refractivity contribution in [2.75, 3.05) is 20.2 Å². The number of nitrogens with one attached hydrogen (secondary N) is 2. The van der Waals surface area contributed by atoms with E-state index in [0.29, 0.717) is 18.4 Å². The normalized spacial score (nSPS) is 12.9. The smallest absolute Gasteiger partial charge is 0.422 e. The second kappa shape index (κ2) is 11.4. The molecule has 0 radical (unpaired) electrons. The van der Waals surface area contributed by atoms with Gasteiger partial charge in [0, 0.05) is 20.1 Å². The molecule has 0 saturated heterocycles. The molecule has 0 amide bonds. The number of hydrogen-bond donors (Lipinski definition) is 2. The summed E-state index contributed by atoms with van der Waals surface area (Å²) >= 11 is 1.67. The summed E-state index contributed by atoms with van der Waals surface area (Å²) in [6, 6.07) is 8.66. The highest BCUT2D eigenvalue weighted by atomic mass is 127. The fourth-order valence-corrected chi connectivity index (χ4v) is 3.02. The first-order valence-electron chi connectivity index (χ1n) is 8.12. The Morgan fingerprint density at radius 1 is 1.26 bits per heavy atom. The standard InChI is InChI=1S/C18H22F3N3OS.HI/c1-13(15-6-7-26-11-15)9-23-17(22-2)24-10-14-4-3-5-16(8-14)25-12-18(19,20)21;/h3-8,11,13H,9-10,12H2,1-2H3,(H2,22,23,24);1H. The Hall–Kier alpha value is -1.49. The van der Waals surface area contributed by atoms with Crippen molar-refractivity contribution in [3.8, 4) is 5.75 Å².